The Labute approximate surface area is 192 Å². The normalized spacial score (nSPS) is 11.9. The zero-order valence-corrected chi connectivity index (χ0v) is 17.9. The Kier molecular flexibility index (Phi) is 4.59. The number of aromatic amines is 1. The summed E-state index contributed by atoms with van der Waals surface area (Å²) >= 11 is 0. The monoisotopic (exact) mass is 446 g/mol. The summed E-state index contributed by atoms with van der Waals surface area (Å²) in [6.45, 7) is 0. The molecule has 0 saturated heterocycles. The average Bonchev–Trinajstić information content (AvgIpc) is 3.52. The number of furan rings is 1. The van der Waals surface area contributed by atoms with Crippen LogP contribution in [0.1, 0.15) is 5.56 Å². The standard InChI is InChI=1S/C27H18N4O3/c32-26-25(24-15-8-16-34-24)28-19-11-4-6-13-21(19)30(26)17-23(18-9-2-1-3-10-18)31-22-14-7-5-12-20(22)29-27(31)33/h1-17H,(H,29,33)/b23-17-. The van der Waals surface area contributed by atoms with Gasteiger partial charge in [0, 0.05) is 11.8 Å². The van der Waals surface area contributed by atoms with Crippen LogP contribution in [0.3, 0.4) is 0 Å². The molecule has 0 fully saturated rings. The molecule has 1 N–H and O–H groups in total. The first-order valence-corrected chi connectivity index (χ1v) is 10.7. The quantitative estimate of drug-likeness (QED) is 0.421. The van der Waals surface area contributed by atoms with Gasteiger partial charge in [0.2, 0.25) is 0 Å². The van der Waals surface area contributed by atoms with Crippen LogP contribution in [0.5, 0.6) is 0 Å². The van der Waals surface area contributed by atoms with Crippen molar-refractivity contribution in [3.63, 3.8) is 0 Å². The molecule has 0 spiro atoms. The van der Waals surface area contributed by atoms with Crippen molar-refractivity contribution in [1.29, 1.82) is 0 Å². The molecule has 0 atom stereocenters. The number of rotatable bonds is 4. The van der Waals surface area contributed by atoms with Crippen LogP contribution in [0.15, 0.2) is 111 Å². The molecular weight excluding hydrogens is 428 g/mol. The average molecular weight is 446 g/mol. The van der Waals surface area contributed by atoms with Crippen LogP contribution in [-0.2, 0) is 0 Å². The molecule has 0 unspecified atom stereocenters. The second kappa shape index (κ2) is 7.90. The second-order valence-corrected chi connectivity index (χ2v) is 7.76. The first kappa shape index (κ1) is 19.8. The number of benzene rings is 3. The molecule has 0 saturated carbocycles. The summed E-state index contributed by atoms with van der Waals surface area (Å²) in [6, 6.07) is 27.7. The molecule has 7 nitrogen and oxygen atoms in total. The third-order valence-electron chi connectivity index (χ3n) is 5.70. The molecule has 6 aromatic rings. The van der Waals surface area contributed by atoms with Crippen LogP contribution in [0.4, 0.5) is 0 Å². The summed E-state index contributed by atoms with van der Waals surface area (Å²) < 4.78 is 8.59. The van der Waals surface area contributed by atoms with E-state index in [1.165, 1.54) is 10.8 Å². The van der Waals surface area contributed by atoms with E-state index in [-0.39, 0.29) is 16.9 Å². The summed E-state index contributed by atoms with van der Waals surface area (Å²) in [6.07, 6.45) is 3.20. The Morgan fingerprint density at radius 3 is 2.35 bits per heavy atom. The number of nitrogens with one attached hydrogen (secondary N) is 1. The lowest BCUT2D eigenvalue weighted by atomic mass is 10.1. The molecule has 3 aromatic heterocycles. The number of nitrogens with zero attached hydrogens (tertiary/aromatic N) is 3. The summed E-state index contributed by atoms with van der Waals surface area (Å²) in [5.41, 5.74) is 3.53. The Morgan fingerprint density at radius 1 is 0.824 bits per heavy atom. The van der Waals surface area contributed by atoms with Gasteiger partial charge in [-0.05, 0) is 36.4 Å². The Bertz CT molecular complexity index is 1790. The number of hydrogen-bond acceptors (Lipinski definition) is 4. The van der Waals surface area contributed by atoms with Crippen molar-refractivity contribution < 1.29 is 4.42 Å². The van der Waals surface area contributed by atoms with E-state index >= 15 is 0 Å². The molecule has 7 heteroatoms. The summed E-state index contributed by atoms with van der Waals surface area (Å²) in [5.74, 6) is 0.378. The van der Waals surface area contributed by atoms with Gasteiger partial charge in [-0.2, -0.15) is 0 Å². The molecule has 0 aliphatic rings. The topological polar surface area (TPSA) is 85.8 Å². The van der Waals surface area contributed by atoms with Crippen molar-refractivity contribution in [1.82, 2.24) is 19.1 Å². The fourth-order valence-corrected chi connectivity index (χ4v) is 4.14. The van der Waals surface area contributed by atoms with Gasteiger partial charge in [0.15, 0.2) is 11.5 Å². The maximum absolute atomic E-state index is 13.7. The third kappa shape index (κ3) is 3.18. The molecule has 34 heavy (non-hydrogen) atoms. The van der Waals surface area contributed by atoms with Gasteiger partial charge in [-0.25, -0.2) is 9.78 Å². The predicted molar refractivity (Wildman–Crippen MR) is 132 cm³/mol. The van der Waals surface area contributed by atoms with Crippen LogP contribution >= 0.6 is 0 Å². The van der Waals surface area contributed by atoms with Crippen LogP contribution in [-0.4, -0.2) is 19.1 Å². The Morgan fingerprint density at radius 2 is 1.56 bits per heavy atom. The summed E-state index contributed by atoms with van der Waals surface area (Å²) in [5, 5.41) is 0. The Balaban J connectivity index is 1.73. The van der Waals surface area contributed by atoms with Gasteiger partial charge < -0.3 is 9.40 Å². The molecule has 0 bridgehead atoms. The van der Waals surface area contributed by atoms with Gasteiger partial charge in [-0.15, -0.1) is 0 Å². The van der Waals surface area contributed by atoms with E-state index in [2.05, 4.69) is 9.97 Å². The number of H-pyrrole nitrogens is 1. The molecule has 3 aromatic carbocycles. The van der Waals surface area contributed by atoms with Crippen molar-refractivity contribution in [3.8, 4) is 11.5 Å². The summed E-state index contributed by atoms with van der Waals surface area (Å²) in [7, 11) is 0. The Hall–Kier alpha value is -4.91. The zero-order valence-electron chi connectivity index (χ0n) is 17.9. The van der Waals surface area contributed by atoms with Crippen LogP contribution in [0, 0.1) is 0 Å². The first-order valence-electron chi connectivity index (χ1n) is 10.7. The number of aromatic nitrogens is 4. The predicted octanol–water partition coefficient (Wildman–Crippen LogP) is 4.80. The van der Waals surface area contributed by atoms with Crippen molar-refractivity contribution >= 4 is 34.0 Å². The maximum Gasteiger partial charge on any atom is 0.331 e. The highest BCUT2D eigenvalue weighted by molar-refractivity contribution is 5.88. The van der Waals surface area contributed by atoms with Gasteiger partial charge >= 0.3 is 5.69 Å². The first-order chi connectivity index (χ1) is 16.7. The van der Waals surface area contributed by atoms with Crippen molar-refractivity contribution in [2.45, 2.75) is 0 Å². The van der Waals surface area contributed by atoms with E-state index in [1.807, 2.05) is 78.9 Å². The van der Waals surface area contributed by atoms with Gasteiger partial charge in [-0.1, -0.05) is 54.6 Å². The van der Waals surface area contributed by atoms with E-state index in [1.54, 1.807) is 22.9 Å². The van der Waals surface area contributed by atoms with Crippen LogP contribution in [0.2, 0.25) is 0 Å². The van der Waals surface area contributed by atoms with E-state index in [4.69, 9.17) is 4.42 Å². The lowest BCUT2D eigenvalue weighted by Crippen LogP contribution is -2.22. The minimum absolute atomic E-state index is 0.193. The van der Waals surface area contributed by atoms with E-state index < -0.39 is 0 Å². The van der Waals surface area contributed by atoms with Gasteiger partial charge in [0.1, 0.15) is 0 Å². The zero-order chi connectivity index (χ0) is 23.1. The summed E-state index contributed by atoms with van der Waals surface area (Å²) in [4.78, 5) is 34.2. The number of hydrogen-bond donors (Lipinski definition) is 1. The van der Waals surface area contributed by atoms with Crippen molar-refractivity contribution in [2.24, 2.45) is 0 Å². The van der Waals surface area contributed by atoms with Gasteiger partial charge in [-0.3, -0.25) is 13.9 Å². The SMILES string of the molecule is O=c1c(-c2ccco2)nc2ccccc2n1/C=C(/c1ccccc1)n1c(=O)[nH]c2ccccc21. The fourth-order valence-electron chi connectivity index (χ4n) is 4.14. The highest BCUT2D eigenvalue weighted by Gasteiger charge is 2.17. The van der Waals surface area contributed by atoms with Crippen molar-refractivity contribution in [3.05, 3.63) is 124 Å². The smallest absolute Gasteiger partial charge is 0.331 e. The van der Waals surface area contributed by atoms with Gasteiger partial charge in [0.25, 0.3) is 5.56 Å². The lowest BCUT2D eigenvalue weighted by Gasteiger charge is -2.13. The minimum Gasteiger partial charge on any atom is -0.463 e. The maximum atomic E-state index is 13.7. The lowest BCUT2D eigenvalue weighted by molar-refractivity contribution is 0.579. The minimum atomic E-state index is -0.352. The molecule has 164 valence electrons. The number of para-hydroxylation sites is 4. The van der Waals surface area contributed by atoms with Gasteiger partial charge in [0.05, 0.1) is 34.0 Å². The fraction of sp³-hybridized carbons (Fsp3) is 0. The van der Waals surface area contributed by atoms with E-state index in [9.17, 15) is 9.59 Å². The molecule has 0 aliphatic carbocycles. The van der Waals surface area contributed by atoms with Crippen LogP contribution in [0.25, 0.3) is 45.4 Å². The molecular formula is C27H18N4O3. The van der Waals surface area contributed by atoms with Crippen molar-refractivity contribution in [2.75, 3.05) is 0 Å². The van der Waals surface area contributed by atoms with E-state index in [0.717, 1.165) is 5.56 Å². The van der Waals surface area contributed by atoms with Crippen LogP contribution < -0.4 is 11.2 Å². The molecule has 3 heterocycles. The molecule has 0 amide bonds. The second-order valence-electron chi connectivity index (χ2n) is 7.76. The largest absolute Gasteiger partial charge is 0.463 e. The molecule has 6 rings (SSSR count). The number of fused-ring (bicyclic) bond motifs is 2. The number of imidazole rings is 1. The van der Waals surface area contributed by atoms with E-state index in [0.29, 0.717) is 33.5 Å². The third-order valence-corrected chi connectivity index (χ3v) is 5.70. The molecule has 0 radical (unpaired) electrons. The molecule has 0 aliphatic heterocycles. The highest BCUT2D eigenvalue weighted by atomic mass is 16.3. The highest BCUT2D eigenvalue weighted by Crippen LogP contribution is 2.24.